The summed E-state index contributed by atoms with van der Waals surface area (Å²) in [6.07, 6.45) is 6.77. The Hall–Kier alpha value is -0.300. The fraction of sp³-hybridized carbons (Fsp3) is 0.706. The topological polar surface area (TPSA) is 36.4 Å². The molecular weight excluding hydrogens is 405 g/mol. The number of rotatable bonds is 6. The molecule has 2 fully saturated rings. The zero-order valence-electron chi connectivity index (χ0n) is 13.8. The normalized spacial score (nSPS) is 21.0. The van der Waals surface area contributed by atoms with Gasteiger partial charge in [0.2, 0.25) is 0 Å². The molecule has 2 saturated carbocycles. The molecule has 0 radical (unpaired) electrons. The zero-order chi connectivity index (χ0) is 14.9. The van der Waals surface area contributed by atoms with Crippen molar-refractivity contribution in [2.24, 2.45) is 16.3 Å². The molecule has 0 bridgehead atoms. The summed E-state index contributed by atoms with van der Waals surface area (Å²) in [5.41, 5.74) is 0.617. The number of hydrogen-bond acceptors (Lipinski definition) is 2. The first-order valence-electron chi connectivity index (χ1n) is 8.14. The molecule has 1 atom stereocenters. The van der Waals surface area contributed by atoms with Gasteiger partial charge in [0.25, 0.3) is 0 Å². The highest BCUT2D eigenvalue weighted by Gasteiger charge is 2.53. The lowest BCUT2D eigenvalue weighted by Gasteiger charge is -2.21. The van der Waals surface area contributed by atoms with Gasteiger partial charge in [-0.3, -0.25) is 4.99 Å². The summed E-state index contributed by atoms with van der Waals surface area (Å²) in [6.45, 7) is 5.50. The summed E-state index contributed by atoms with van der Waals surface area (Å²) in [4.78, 5) is 7.22. The van der Waals surface area contributed by atoms with Gasteiger partial charge in [-0.1, -0.05) is 0 Å². The first-order chi connectivity index (χ1) is 10.1. The Balaban J connectivity index is 0.00000176. The van der Waals surface area contributed by atoms with E-state index in [0.29, 0.717) is 11.5 Å². The Morgan fingerprint density at radius 1 is 1.41 bits per heavy atom. The number of halogens is 1. The molecule has 22 heavy (non-hydrogen) atoms. The molecule has 1 unspecified atom stereocenters. The number of guanidine groups is 1. The smallest absolute Gasteiger partial charge is 0.191 e. The van der Waals surface area contributed by atoms with Crippen LogP contribution in [0.5, 0.6) is 0 Å². The first kappa shape index (κ1) is 18.0. The number of hydrogen-bond donors (Lipinski definition) is 2. The van der Waals surface area contributed by atoms with E-state index in [9.17, 15) is 0 Å². The minimum absolute atomic E-state index is 0. The quantitative estimate of drug-likeness (QED) is 0.405. The van der Waals surface area contributed by atoms with Crippen molar-refractivity contribution in [1.82, 2.24) is 10.6 Å². The van der Waals surface area contributed by atoms with Crippen molar-refractivity contribution in [3.05, 3.63) is 21.9 Å². The van der Waals surface area contributed by atoms with Crippen LogP contribution < -0.4 is 10.6 Å². The minimum Gasteiger partial charge on any atom is -0.356 e. The van der Waals surface area contributed by atoms with Crippen molar-refractivity contribution in [1.29, 1.82) is 0 Å². The second-order valence-electron chi connectivity index (χ2n) is 6.82. The molecule has 1 aromatic rings. The molecule has 1 aromatic heterocycles. The lowest BCUT2D eigenvalue weighted by molar-refractivity contribution is 0.430. The SMILES string of the molecule is CN=C(NCC1(C2CC2)CC1)NC(C)Cc1ccc(C)s1.I. The molecule has 1 heterocycles. The number of aryl methyl sites for hydroxylation is 1. The second-order valence-corrected chi connectivity index (χ2v) is 8.20. The van der Waals surface area contributed by atoms with E-state index in [1.165, 1.54) is 35.4 Å². The highest BCUT2D eigenvalue weighted by Crippen LogP contribution is 2.60. The Bertz CT molecular complexity index is 518. The van der Waals surface area contributed by atoms with E-state index < -0.39 is 0 Å². The molecule has 0 aromatic carbocycles. The van der Waals surface area contributed by atoms with E-state index in [-0.39, 0.29) is 24.0 Å². The van der Waals surface area contributed by atoms with E-state index in [4.69, 9.17) is 0 Å². The van der Waals surface area contributed by atoms with Crippen molar-refractivity contribution >= 4 is 41.3 Å². The summed E-state index contributed by atoms with van der Waals surface area (Å²) in [5.74, 6) is 1.96. The number of nitrogens with zero attached hydrogens (tertiary/aromatic N) is 1. The molecule has 2 aliphatic rings. The maximum atomic E-state index is 4.38. The van der Waals surface area contributed by atoms with E-state index >= 15 is 0 Å². The molecule has 124 valence electrons. The summed E-state index contributed by atoms with van der Waals surface area (Å²) in [7, 11) is 1.87. The fourth-order valence-electron chi connectivity index (χ4n) is 3.22. The largest absolute Gasteiger partial charge is 0.356 e. The molecule has 0 spiro atoms. The summed E-state index contributed by atoms with van der Waals surface area (Å²) in [6, 6.07) is 4.85. The lowest BCUT2D eigenvalue weighted by Crippen LogP contribution is -2.45. The molecule has 0 aliphatic heterocycles. The van der Waals surface area contributed by atoms with Crippen LogP contribution >= 0.6 is 35.3 Å². The van der Waals surface area contributed by atoms with Crippen LogP contribution in [0.1, 0.15) is 42.4 Å². The van der Waals surface area contributed by atoms with Crippen molar-refractivity contribution in [2.75, 3.05) is 13.6 Å². The van der Waals surface area contributed by atoms with Gasteiger partial charge in [0, 0.05) is 35.8 Å². The van der Waals surface area contributed by atoms with E-state index in [2.05, 4.69) is 41.6 Å². The predicted molar refractivity (Wildman–Crippen MR) is 107 cm³/mol. The van der Waals surface area contributed by atoms with Gasteiger partial charge in [0.15, 0.2) is 5.96 Å². The number of nitrogens with one attached hydrogen (secondary N) is 2. The van der Waals surface area contributed by atoms with Crippen LogP contribution in [0.4, 0.5) is 0 Å². The third kappa shape index (κ3) is 4.60. The Morgan fingerprint density at radius 2 is 2.14 bits per heavy atom. The molecule has 5 heteroatoms. The average molecular weight is 433 g/mol. The molecule has 2 N–H and O–H groups in total. The maximum Gasteiger partial charge on any atom is 0.191 e. The lowest BCUT2D eigenvalue weighted by atomic mass is 10.0. The predicted octanol–water partition coefficient (Wildman–Crippen LogP) is 3.96. The molecule has 3 nitrogen and oxygen atoms in total. The van der Waals surface area contributed by atoms with E-state index in [0.717, 1.165) is 24.8 Å². The summed E-state index contributed by atoms with van der Waals surface area (Å²) in [5, 5.41) is 7.09. The van der Waals surface area contributed by atoms with Gasteiger partial charge in [-0.25, -0.2) is 0 Å². The van der Waals surface area contributed by atoms with Crippen LogP contribution in [-0.4, -0.2) is 25.6 Å². The Labute approximate surface area is 155 Å². The van der Waals surface area contributed by atoms with Gasteiger partial charge in [-0.15, -0.1) is 35.3 Å². The molecule has 3 rings (SSSR count). The van der Waals surface area contributed by atoms with Crippen LogP contribution in [0.2, 0.25) is 0 Å². The number of thiophene rings is 1. The van der Waals surface area contributed by atoms with Gasteiger partial charge >= 0.3 is 0 Å². The average Bonchev–Trinajstić information content (AvgIpc) is 3.34. The minimum atomic E-state index is 0. The third-order valence-electron chi connectivity index (χ3n) is 4.85. The molecule has 0 amide bonds. The monoisotopic (exact) mass is 433 g/mol. The summed E-state index contributed by atoms with van der Waals surface area (Å²) < 4.78 is 0. The van der Waals surface area contributed by atoms with Crippen molar-refractivity contribution in [3.8, 4) is 0 Å². The van der Waals surface area contributed by atoms with Crippen molar-refractivity contribution in [2.45, 2.75) is 52.0 Å². The van der Waals surface area contributed by atoms with Gasteiger partial charge in [-0.05, 0) is 63.0 Å². The Kier molecular flexibility index (Phi) is 6.16. The maximum absolute atomic E-state index is 4.38. The molecule has 2 aliphatic carbocycles. The van der Waals surface area contributed by atoms with Gasteiger partial charge < -0.3 is 10.6 Å². The van der Waals surface area contributed by atoms with E-state index in [1.54, 1.807) is 0 Å². The van der Waals surface area contributed by atoms with Gasteiger partial charge in [-0.2, -0.15) is 0 Å². The first-order valence-corrected chi connectivity index (χ1v) is 8.95. The van der Waals surface area contributed by atoms with Crippen LogP contribution in [0.15, 0.2) is 17.1 Å². The van der Waals surface area contributed by atoms with Crippen molar-refractivity contribution in [3.63, 3.8) is 0 Å². The van der Waals surface area contributed by atoms with Crippen LogP contribution in [-0.2, 0) is 6.42 Å². The Morgan fingerprint density at radius 3 is 2.64 bits per heavy atom. The second kappa shape index (κ2) is 7.51. The highest BCUT2D eigenvalue weighted by atomic mass is 127. The number of aliphatic imine (C=N–C) groups is 1. The molecular formula is C17H28IN3S. The standard InChI is InChI=1S/C17H27N3S.HI/c1-12(10-15-7-4-13(2)21-15)20-16(18-3)19-11-17(8-9-17)14-5-6-14;/h4,7,12,14H,5-6,8-11H2,1-3H3,(H2,18,19,20);1H. The van der Waals surface area contributed by atoms with Crippen LogP contribution in [0, 0.1) is 18.3 Å². The highest BCUT2D eigenvalue weighted by molar-refractivity contribution is 14.0. The van der Waals surface area contributed by atoms with Gasteiger partial charge in [0.05, 0.1) is 0 Å². The fourth-order valence-corrected chi connectivity index (χ4v) is 4.24. The van der Waals surface area contributed by atoms with Crippen LogP contribution in [0.25, 0.3) is 0 Å². The molecule has 0 saturated heterocycles. The zero-order valence-corrected chi connectivity index (χ0v) is 17.0. The third-order valence-corrected chi connectivity index (χ3v) is 5.88. The van der Waals surface area contributed by atoms with E-state index in [1.807, 2.05) is 18.4 Å². The summed E-state index contributed by atoms with van der Waals surface area (Å²) >= 11 is 1.89. The van der Waals surface area contributed by atoms with Crippen molar-refractivity contribution < 1.29 is 0 Å². The van der Waals surface area contributed by atoms with Gasteiger partial charge in [0.1, 0.15) is 0 Å². The van der Waals surface area contributed by atoms with Crippen LogP contribution in [0.3, 0.4) is 0 Å².